The highest BCUT2D eigenvalue weighted by Crippen LogP contribution is 2.21. The number of nitrogens with one attached hydrogen (secondary N) is 2. The number of benzene rings is 1. The molecular formula is C12H9F3N4O. The molecule has 8 heteroatoms. The number of nitrogen functional groups attached to an aromatic ring is 1. The van der Waals surface area contributed by atoms with Crippen LogP contribution < -0.4 is 16.6 Å². The SMILES string of the molecule is NNc1c(F)cc(C(=O)Nc2ccncc2F)cc1F. The molecule has 2 aromatic rings. The number of pyridine rings is 1. The Hall–Kier alpha value is -2.61. The molecule has 1 heterocycles. The van der Waals surface area contributed by atoms with E-state index in [-0.39, 0.29) is 11.3 Å². The number of hydrogen-bond acceptors (Lipinski definition) is 4. The largest absolute Gasteiger partial charge is 0.319 e. The molecule has 0 fully saturated rings. The van der Waals surface area contributed by atoms with Gasteiger partial charge in [-0.2, -0.15) is 0 Å². The summed E-state index contributed by atoms with van der Waals surface area (Å²) in [7, 11) is 0. The first-order valence-electron chi connectivity index (χ1n) is 5.39. The highest BCUT2D eigenvalue weighted by atomic mass is 19.1. The molecule has 104 valence electrons. The van der Waals surface area contributed by atoms with Crippen LogP contribution >= 0.6 is 0 Å². The van der Waals surface area contributed by atoms with Gasteiger partial charge in [-0.15, -0.1) is 0 Å². The summed E-state index contributed by atoms with van der Waals surface area (Å²) in [5.41, 5.74) is 0.823. The molecule has 4 N–H and O–H groups in total. The lowest BCUT2D eigenvalue weighted by molar-refractivity contribution is 0.102. The maximum atomic E-state index is 13.4. The number of anilines is 2. The van der Waals surface area contributed by atoms with Crippen molar-refractivity contribution < 1.29 is 18.0 Å². The van der Waals surface area contributed by atoms with Crippen molar-refractivity contribution in [2.75, 3.05) is 10.7 Å². The molecule has 0 spiro atoms. The van der Waals surface area contributed by atoms with Crippen LogP contribution in [0.5, 0.6) is 0 Å². The van der Waals surface area contributed by atoms with E-state index in [1.807, 2.05) is 5.43 Å². The molecule has 0 unspecified atom stereocenters. The van der Waals surface area contributed by atoms with E-state index in [1.54, 1.807) is 0 Å². The number of hydrazine groups is 1. The Labute approximate surface area is 111 Å². The third-order valence-corrected chi connectivity index (χ3v) is 2.47. The lowest BCUT2D eigenvalue weighted by atomic mass is 10.1. The van der Waals surface area contributed by atoms with Gasteiger partial charge in [-0.1, -0.05) is 0 Å². The second-order valence-corrected chi connectivity index (χ2v) is 3.77. The van der Waals surface area contributed by atoms with Crippen molar-refractivity contribution in [1.82, 2.24) is 4.98 Å². The molecular weight excluding hydrogens is 273 g/mol. The van der Waals surface area contributed by atoms with E-state index < -0.39 is 29.0 Å². The van der Waals surface area contributed by atoms with Gasteiger partial charge in [-0.3, -0.25) is 15.6 Å². The summed E-state index contributed by atoms with van der Waals surface area (Å²) in [5.74, 6) is 1.24. The predicted octanol–water partition coefficient (Wildman–Crippen LogP) is 2.04. The molecule has 0 aliphatic rings. The number of rotatable bonds is 3. The average Bonchev–Trinajstić information content (AvgIpc) is 2.41. The number of amides is 1. The second kappa shape index (κ2) is 5.57. The van der Waals surface area contributed by atoms with Crippen molar-refractivity contribution >= 4 is 17.3 Å². The van der Waals surface area contributed by atoms with Crippen molar-refractivity contribution in [3.05, 3.63) is 53.6 Å². The van der Waals surface area contributed by atoms with Crippen LogP contribution in [0.3, 0.4) is 0 Å². The van der Waals surface area contributed by atoms with Crippen molar-refractivity contribution in [3.8, 4) is 0 Å². The first kappa shape index (κ1) is 13.8. The van der Waals surface area contributed by atoms with E-state index in [0.29, 0.717) is 0 Å². The Balaban J connectivity index is 2.29. The molecule has 0 saturated carbocycles. The van der Waals surface area contributed by atoms with Crippen LogP contribution in [0, 0.1) is 17.5 Å². The minimum absolute atomic E-state index is 0.146. The van der Waals surface area contributed by atoms with Crippen molar-refractivity contribution in [2.45, 2.75) is 0 Å². The maximum Gasteiger partial charge on any atom is 0.255 e. The van der Waals surface area contributed by atoms with Gasteiger partial charge in [0.1, 0.15) is 5.69 Å². The summed E-state index contributed by atoms with van der Waals surface area (Å²) in [5, 5.41) is 2.18. The summed E-state index contributed by atoms with van der Waals surface area (Å²) in [6.07, 6.45) is 2.17. The first-order chi connectivity index (χ1) is 9.52. The normalized spacial score (nSPS) is 10.2. The molecule has 0 radical (unpaired) electrons. The summed E-state index contributed by atoms with van der Waals surface area (Å²) in [6.45, 7) is 0. The zero-order valence-corrected chi connectivity index (χ0v) is 9.95. The molecule has 0 bridgehead atoms. The van der Waals surface area contributed by atoms with Gasteiger partial charge in [0.2, 0.25) is 0 Å². The van der Waals surface area contributed by atoms with Crippen molar-refractivity contribution in [2.24, 2.45) is 5.84 Å². The van der Waals surface area contributed by atoms with E-state index in [4.69, 9.17) is 5.84 Å². The lowest BCUT2D eigenvalue weighted by Gasteiger charge is -2.08. The molecule has 1 aromatic carbocycles. The number of carbonyl (C=O) groups excluding carboxylic acids is 1. The highest BCUT2D eigenvalue weighted by Gasteiger charge is 2.15. The highest BCUT2D eigenvalue weighted by molar-refractivity contribution is 6.04. The molecule has 1 aromatic heterocycles. The number of carbonyl (C=O) groups is 1. The Morgan fingerprint density at radius 2 is 1.80 bits per heavy atom. The van der Waals surface area contributed by atoms with E-state index in [2.05, 4.69) is 10.3 Å². The predicted molar refractivity (Wildman–Crippen MR) is 66.3 cm³/mol. The fourth-order valence-corrected chi connectivity index (χ4v) is 1.51. The summed E-state index contributed by atoms with van der Waals surface area (Å²) in [6, 6.07) is 2.79. The van der Waals surface area contributed by atoms with Crippen LogP contribution in [-0.4, -0.2) is 10.9 Å². The van der Waals surface area contributed by atoms with Crippen LogP contribution in [0.2, 0.25) is 0 Å². The third kappa shape index (κ3) is 2.69. The Kier molecular flexibility index (Phi) is 3.85. The summed E-state index contributed by atoms with van der Waals surface area (Å²) >= 11 is 0. The van der Waals surface area contributed by atoms with Gasteiger partial charge in [0.15, 0.2) is 17.5 Å². The van der Waals surface area contributed by atoms with Crippen molar-refractivity contribution in [3.63, 3.8) is 0 Å². The zero-order chi connectivity index (χ0) is 14.7. The molecule has 0 aliphatic carbocycles. The van der Waals surface area contributed by atoms with Gasteiger partial charge in [-0.05, 0) is 18.2 Å². The molecule has 0 atom stereocenters. The van der Waals surface area contributed by atoms with Crippen LogP contribution in [0.4, 0.5) is 24.5 Å². The third-order valence-electron chi connectivity index (χ3n) is 2.47. The van der Waals surface area contributed by atoms with E-state index in [9.17, 15) is 18.0 Å². The van der Waals surface area contributed by atoms with E-state index in [1.165, 1.54) is 12.3 Å². The number of nitrogens with zero attached hydrogens (tertiary/aromatic N) is 1. The molecule has 20 heavy (non-hydrogen) atoms. The smallest absolute Gasteiger partial charge is 0.255 e. The number of nitrogens with two attached hydrogens (primary N) is 1. The molecule has 0 aliphatic heterocycles. The maximum absolute atomic E-state index is 13.4. The van der Waals surface area contributed by atoms with Gasteiger partial charge in [0.25, 0.3) is 5.91 Å². The molecule has 5 nitrogen and oxygen atoms in total. The topological polar surface area (TPSA) is 80.0 Å². The molecule has 1 amide bonds. The lowest BCUT2D eigenvalue weighted by Crippen LogP contribution is -2.16. The number of hydrogen-bond donors (Lipinski definition) is 3. The Bertz CT molecular complexity index is 640. The zero-order valence-electron chi connectivity index (χ0n) is 9.95. The monoisotopic (exact) mass is 282 g/mol. The van der Waals surface area contributed by atoms with Gasteiger partial charge in [0.05, 0.1) is 11.9 Å². The minimum atomic E-state index is -1.03. The van der Waals surface area contributed by atoms with E-state index >= 15 is 0 Å². The van der Waals surface area contributed by atoms with E-state index in [0.717, 1.165) is 18.3 Å². The number of halogens is 3. The van der Waals surface area contributed by atoms with Gasteiger partial charge in [0, 0.05) is 11.8 Å². The van der Waals surface area contributed by atoms with Gasteiger partial charge < -0.3 is 10.7 Å². The summed E-state index contributed by atoms with van der Waals surface area (Å²) < 4.78 is 40.2. The standard InChI is InChI=1S/C12H9F3N4O/c13-7-3-6(4-8(14)11(7)19-16)12(20)18-10-1-2-17-5-9(10)15/h1-5,19H,16H2,(H,17,18,20). The second-order valence-electron chi connectivity index (χ2n) is 3.77. The first-order valence-corrected chi connectivity index (χ1v) is 5.39. The van der Waals surface area contributed by atoms with Gasteiger partial charge in [-0.25, -0.2) is 13.2 Å². The fourth-order valence-electron chi connectivity index (χ4n) is 1.51. The molecule has 2 rings (SSSR count). The number of aromatic nitrogens is 1. The van der Waals surface area contributed by atoms with Crippen molar-refractivity contribution in [1.29, 1.82) is 0 Å². The summed E-state index contributed by atoms with van der Waals surface area (Å²) in [4.78, 5) is 15.3. The minimum Gasteiger partial charge on any atom is -0.319 e. The molecule has 0 saturated heterocycles. The quantitative estimate of drug-likeness (QED) is 0.594. The van der Waals surface area contributed by atoms with Crippen LogP contribution in [0.1, 0.15) is 10.4 Å². The van der Waals surface area contributed by atoms with Crippen LogP contribution in [0.25, 0.3) is 0 Å². The Morgan fingerprint density at radius 3 is 2.35 bits per heavy atom. The average molecular weight is 282 g/mol. The van der Waals surface area contributed by atoms with Crippen LogP contribution in [-0.2, 0) is 0 Å². The Morgan fingerprint density at radius 1 is 1.15 bits per heavy atom. The van der Waals surface area contributed by atoms with Gasteiger partial charge >= 0.3 is 0 Å². The van der Waals surface area contributed by atoms with Crippen LogP contribution in [0.15, 0.2) is 30.6 Å². The fraction of sp³-hybridized carbons (Fsp3) is 0.